The minimum atomic E-state index is -0.320. The second-order valence-electron chi connectivity index (χ2n) is 5.66. The van der Waals surface area contributed by atoms with Crippen molar-refractivity contribution in [3.63, 3.8) is 0 Å². The highest BCUT2D eigenvalue weighted by molar-refractivity contribution is 9.10. The molecule has 0 aliphatic rings. The lowest BCUT2D eigenvalue weighted by Crippen LogP contribution is -2.12. The molecule has 0 saturated carbocycles. The molecule has 0 aliphatic heterocycles. The highest BCUT2D eigenvalue weighted by Gasteiger charge is 2.09. The van der Waals surface area contributed by atoms with Gasteiger partial charge >= 0.3 is 5.97 Å². The van der Waals surface area contributed by atoms with E-state index in [0.29, 0.717) is 17.7 Å². The van der Waals surface area contributed by atoms with Crippen molar-refractivity contribution < 1.29 is 14.3 Å². The number of hydrogen-bond donors (Lipinski definition) is 3. The van der Waals surface area contributed by atoms with Gasteiger partial charge in [-0.2, -0.15) is 0 Å². The third-order valence-corrected chi connectivity index (χ3v) is 4.44. The van der Waals surface area contributed by atoms with Crippen LogP contribution in [-0.2, 0) is 14.3 Å². The summed E-state index contributed by atoms with van der Waals surface area (Å²) in [5, 5.41) is 10.2. The highest BCUT2D eigenvalue weighted by Crippen LogP contribution is 2.29. The van der Waals surface area contributed by atoms with E-state index in [0.717, 1.165) is 15.6 Å². The third kappa shape index (κ3) is 5.42. The molecular formula is C19H20BrN3O3. The number of amidine groups is 1. The Bertz CT molecular complexity index is 819. The number of halogens is 1. The van der Waals surface area contributed by atoms with Crippen molar-refractivity contribution in [1.82, 2.24) is 0 Å². The molecule has 0 aromatic heterocycles. The minimum Gasteiger partial charge on any atom is -0.469 e. The number of amides is 1. The number of carbonyl (C=O) groups excluding carboxylic acids is 2. The van der Waals surface area contributed by atoms with E-state index in [2.05, 4.69) is 26.0 Å². The lowest BCUT2D eigenvalue weighted by Gasteiger charge is -2.10. The molecule has 7 heteroatoms. The number of benzene rings is 2. The Morgan fingerprint density at radius 2 is 1.77 bits per heavy atom. The molecule has 0 heterocycles. The number of nitrogen functional groups attached to an aromatic ring is 1. The zero-order valence-electron chi connectivity index (χ0n) is 14.3. The smallest absolute Gasteiger partial charge is 0.305 e. The summed E-state index contributed by atoms with van der Waals surface area (Å²) in [6, 6.07) is 13.0. The zero-order chi connectivity index (χ0) is 19.1. The average molecular weight is 418 g/mol. The summed E-state index contributed by atoms with van der Waals surface area (Å²) in [5.41, 5.74) is 8.74. The zero-order valence-corrected chi connectivity index (χ0v) is 15.9. The van der Waals surface area contributed by atoms with Crippen LogP contribution in [0, 0.1) is 5.41 Å². The van der Waals surface area contributed by atoms with Crippen LogP contribution in [0.4, 0.5) is 5.69 Å². The van der Waals surface area contributed by atoms with E-state index >= 15 is 0 Å². The maximum Gasteiger partial charge on any atom is 0.305 e. The monoisotopic (exact) mass is 417 g/mol. The van der Waals surface area contributed by atoms with Crippen LogP contribution in [0.1, 0.15) is 24.8 Å². The molecule has 6 nitrogen and oxygen atoms in total. The van der Waals surface area contributed by atoms with Crippen LogP contribution >= 0.6 is 15.9 Å². The first kappa shape index (κ1) is 19.7. The van der Waals surface area contributed by atoms with Gasteiger partial charge in [-0.25, -0.2) is 0 Å². The first-order valence-electron chi connectivity index (χ1n) is 8.01. The highest BCUT2D eigenvalue weighted by atomic mass is 79.9. The van der Waals surface area contributed by atoms with Crippen LogP contribution < -0.4 is 11.1 Å². The van der Waals surface area contributed by atoms with Gasteiger partial charge in [-0.1, -0.05) is 30.3 Å². The number of anilines is 1. The van der Waals surface area contributed by atoms with Gasteiger partial charge in [0.05, 0.1) is 12.8 Å². The standard InChI is InChI=1S/C19H20BrN3O3/c1-26-18(25)4-2-3-17(24)23-16-10-9-14(11-15(16)20)12-5-7-13(8-6-12)19(21)22/h5-11H,2-4H2,1H3,(H3,21,22)(H,23,24). The summed E-state index contributed by atoms with van der Waals surface area (Å²) in [4.78, 5) is 23.0. The van der Waals surface area contributed by atoms with Gasteiger partial charge in [0.1, 0.15) is 5.84 Å². The number of hydrogen-bond acceptors (Lipinski definition) is 4. The first-order valence-corrected chi connectivity index (χ1v) is 8.81. The summed E-state index contributed by atoms with van der Waals surface area (Å²) in [6.45, 7) is 0. The topological polar surface area (TPSA) is 105 Å². The fourth-order valence-corrected chi connectivity index (χ4v) is 2.82. The van der Waals surface area contributed by atoms with E-state index in [1.54, 1.807) is 12.1 Å². The Balaban J connectivity index is 2.01. The Labute approximate surface area is 160 Å². The van der Waals surface area contributed by atoms with E-state index in [1.807, 2.05) is 30.3 Å². The van der Waals surface area contributed by atoms with Gasteiger partial charge in [-0.3, -0.25) is 15.0 Å². The van der Waals surface area contributed by atoms with Crippen LogP contribution in [0.15, 0.2) is 46.9 Å². The van der Waals surface area contributed by atoms with Gasteiger partial charge in [-0.05, 0) is 45.6 Å². The summed E-state index contributed by atoms with van der Waals surface area (Å²) >= 11 is 3.47. The summed E-state index contributed by atoms with van der Waals surface area (Å²) < 4.78 is 5.30. The third-order valence-electron chi connectivity index (χ3n) is 3.78. The Kier molecular flexibility index (Phi) is 6.91. The molecule has 4 N–H and O–H groups in total. The number of carbonyl (C=O) groups is 2. The van der Waals surface area contributed by atoms with Gasteiger partial charge in [0.2, 0.25) is 5.91 Å². The fourth-order valence-electron chi connectivity index (χ4n) is 2.35. The summed E-state index contributed by atoms with van der Waals surface area (Å²) in [7, 11) is 1.33. The summed E-state index contributed by atoms with van der Waals surface area (Å²) in [5.74, 6) is -0.449. The van der Waals surface area contributed by atoms with Gasteiger partial charge < -0.3 is 15.8 Å². The lowest BCUT2D eigenvalue weighted by molar-refractivity contribution is -0.140. The quantitative estimate of drug-likeness (QED) is 0.362. The van der Waals surface area contributed by atoms with Crippen LogP contribution in [-0.4, -0.2) is 24.8 Å². The van der Waals surface area contributed by atoms with E-state index < -0.39 is 0 Å². The number of ether oxygens (including phenoxy) is 1. The van der Waals surface area contributed by atoms with Crippen molar-refractivity contribution in [2.75, 3.05) is 12.4 Å². The second kappa shape index (κ2) is 9.15. The van der Waals surface area contributed by atoms with Gasteiger partial charge in [0, 0.05) is 22.9 Å². The molecule has 2 aromatic carbocycles. The van der Waals surface area contributed by atoms with E-state index in [4.69, 9.17) is 11.1 Å². The van der Waals surface area contributed by atoms with Crippen molar-refractivity contribution in [3.8, 4) is 11.1 Å². The molecule has 2 rings (SSSR count). The van der Waals surface area contributed by atoms with Crippen LogP contribution in [0.2, 0.25) is 0 Å². The first-order chi connectivity index (χ1) is 12.4. The van der Waals surface area contributed by atoms with Gasteiger partial charge in [-0.15, -0.1) is 0 Å². The molecule has 2 aromatic rings. The predicted molar refractivity (Wildman–Crippen MR) is 105 cm³/mol. The molecule has 0 unspecified atom stereocenters. The molecule has 0 bridgehead atoms. The molecule has 0 aliphatic carbocycles. The van der Waals surface area contributed by atoms with Crippen LogP contribution in [0.5, 0.6) is 0 Å². The fraction of sp³-hybridized carbons (Fsp3) is 0.211. The number of nitrogens with two attached hydrogens (primary N) is 1. The molecule has 26 heavy (non-hydrogen) atoms. The van der Waals surface area contributed by atoms with E-state index in [1.165, 1.54) is 7.11 Å². The molecule has 0 spiro atoms. The largest absolute Gasteiger partial charge is 0.469 e. The van der Waals surface area contributed by atoms with E-state index in [9.17, 15) is 9.59 Å². The molecule has 0 atom stereocenters. The number of methoxy groups -OCH3 is 1. The molecule has 0 fully saturated rings. The van der Waals surface area contributed by atoms with Crippen LogP contribution in [0.25, 0.3) is 11.1 Å². The Hall–Kier alpha value is -2.67. The van der Waals surface area contributed by atoms with Gasteiger partial charge in [0.25, 0.3) is 0 Å². The number of esters is 1. The maximum absolute atomic E-state index is 12.0. The second-order valence-corrected chi connectivity index (χ2v) is 6.52. The normalized spacial score (nSPS) is 10.2. The minimum absolute atomic E-state index is 0.0305. The van der Waals surface area contributed by atoms with Crippen molar-refractivity contribution >= 4 is 39.3 Å². The molecule has 0 saturated heterocycles. The predicted octanol–water partition coefficient (Wildman–Crippen LogP) is 3.68. The lowest BCUT2D eigenvalue weighted by atomic mass is 10.0. The number of rotatable bonds is 7. The molecule has 136 valence electrons. The van der Waals surface area contributed by atoms with Crippen molar-refractivity contribution in [1.29, 1.82) is 5.41 Å². The van der Waals surface area contributed by atoms with Crippen molar-refractivity contribution in [2.45, 2.75) is 19.3 Å². The molecule has 1 amide bonds. The average Bonchev–Trinajstić information content (AvgIpc) is 2.63. The van der Waals surface area contributed by atoms with Crippen LogP contribution in [0.3, 0.4) is 0 Å². The summed E-state index contributed by atoms with van der Waals surface area (Å²) in [6.07, 6.45) is 0.910. The maximum atomic E-state index is 12.0. The Morgan fingerprint density at radius 3 is 2.35 bits per heavy atom. The van der Waals surface area contributed by atoms with Crippen molar-refractivity contribution in [3.05, 3.63) is 52.5 Å². The van der Waals surface area contributed by atoms with E-state index in [-0.39, 0.29) is 30.6 Å². The Morgan fingerprint density at radius 1 is 1.12 bits per heavy atom. The molecule has 0 radical (unpaired) electrons. The SMILES string of the molecule is COC(=O)CCCC(=O)Nc1ccc(-c2ccc(C(=N)N)cc2)cc1Br. The molecular weight excluding hydrogens is 398 g/mol. The van der Waals surface area contributed by atoms with Crippen molar-refractivity contribution in [2.24, 2.45) is 5.73 Å². The van der Waals surface area contributed by atoms with Gasteiger partial charge in [0.15, 0.2) is 0 Å². The number of nitrogens with one attached hydrogen (secondary N) is 2.